The lowest BCUT2D eigenvalue weighted by atomic mass is 9.78. The molecule has 0 bridgehead atoms. The summed E-state index contributed by atoms with van der Waals surface area (Å²) in [6.45, 7) is 2.24. The molecule has 2 heterocycles. The number of fused-ring (bicyclic) bond motifs is 2. The first-order valence-corrected chi connectivity index (χ1v) is 10.6. The summed E-state index contributed by atoms with van der Waals surface area (Å²) >= 11 is 0. The van der Waals surface area contributed by atoms with Crippen molar-refractivity contribution in [1.29, 1.82) is 0 Å². The lowest BCUT2D eigenvalue weighted by Gasteiger charge is -2.26. The molecular weight excluding hydrogens is 406 g/mol. The van der Waals surface area contributed by atoms with E-state index in [0.717, 1.165) is 11.1 Å². The van der Waals surface area contributed by atoms with Crippen LogP contribution in [0.25, 0.3) is 0 Å². The van der Waals surface area contributed by atoms with E-state index in [-0.39, 0.29) is 11.0 Å². The number of rotatable bonds is 5. The van der Waals surface area contributed by atoms with Gasteiger partial charge in [-0.3, -0.25) is 20.2 Å². The van der Waals surface area contributed by atoms with Crippen LogP contribution in [0.4, 0.5) is 5.69 Å². The topological polar surface area (TPSA) is 93.5 Å². The normalized spacial score (nSPS) is 26.0. The van der Waals surface area contributed by atoms with E-state index in [1.165, 1.54) is 0 Å². The molecule has 1 saturated heterocycles. The predicted octanol–water partition coefficient (Wildman–Crippen LogP) is 3.83. The fourth-order valence-corrected chi connectivity index (χ4v) is 5.14. The highest BCUT2D eigenvalue weighted by molar-refractivity contribution is 6.07. The standard InChI is InChI=1S/C25H23N3O4/c1-16-22(18-11-5-8-14-21(18)32-15-17-9-3-2-4-10-17)23(28(30)31)25(27-16)19-12-6-7-13-20(19)26-24(25)29/h2-14,16,22-23,27H,15H2,1H3,(H,26,29)/t16-,22+,23+,25-/m0/s1. The number of ether oxygens (including phenoxy) is 1. The molecule has 0 aliphatic carbocycles. The van der Waals surface area contributed by atoms with Crippen molar-refractivity contribution in [3.05, 3.63) is 106 Å². The number of amides is 1. The van der Waals surface area contributed by atoms with Crippen LogP contribution in [0, 0.1) is 10.1 Å². The van der Waals surface area contributed by atoms with Gasteiger partial charge in [0.05, 0.1) is 5.92 Å². The van der Waals surface area contributed by atoms with Crippen LogP contribution in [0.15, 0.2) is 78.9 Å². The molecule has 0 saturated carbocycles. The van der Waals surface area contributed by atoms with E-state index in [4.69, 9.17) is 4.74 Å². The maximum Gasteiger partial charge on any atom is 0.256 e. The second-order valence-corrected chi connectivity index (χ2v) is 8.31. The van der Waals surface area contributed by atoms with Gasteiger partial charge in [0.2, 0.25) is 0 Å². The van der Waals surface area contributed by atoms with E-state index in [1.807, 2.05) is 67.6 Å². The molecule has 4 atom stereocenters. The molecule has 7 heteroatoms. The third-order valence-corrected chi connectivity index (χ3v) is 6.48. The summed E-state index contributed by atoms with van der Waals surface area (Å²) in [5, 5.41) is 18.6. The predicted molar refractivity (Wildman–Crippen MR) is 120 cm³/mol. The van der Waals surface area contributed by atoms with Crippen molar-refractivity contribution in [2.75, 3.05) is 5.32 Å². The second-order valence-electron chi connectivity index (χ2n) is 8.31. The molecule has 2 aliphatic rings. The molecule has 162 valence electrons. The summed E-state index contributed by atoms with van der Waals surface area (Å²) in [7, 11) is 0. The first-order valence-electron chi connectivity index (χ1n) is 10.6. The Kier molecular flexibility index (Phi) is 4.90. The van der Waals surface area contributed by atoms with Crippen LogP contribution in [0.1, 0.15) is 29.5 Å². The van der Waals surface area contributed by atoms with E-state index in [1.54, 1.807) is 18.2 Å². The molecule has 0 unspecified atom stereocenters. The minimum atomic E-state index is -1.43. The number of carbonyl (C=O) groups excluding carboxylic acids is 1. The van der Waals surface area contributed by atoms with Crippen LogP contribution in [0.2, 0.25) is 0 Å². The molecule has 0 aromatic heterocycles. The van der Waals surface area contributed by atoms with Crippen molar-refractivity contribution >= 4 is 11.6 Å². The van der Waals surface area contributed by atoms with E-state index < -0.39 is 23.4 Å². The van der Waals surface area contributed by atoms with Gasteiger partial charge in [0.15, 0.2) is 5.54 Å². The Balaban J connectivity index is 1.56. The lowest BCUT2D eigenvalue weighted by molar-refractivity contribution is -0.532. The van der Waals surface area contributed by atoms with E-state index in [0.29, 0.717) is 23.6 Å². The third kappa shape index (κ3) is 3.05. The van der Waals surface area contributed by atoms with Crippen molar-refractivity contribution in [1.82, 2.24) is 5.32 Å². The van der Waals surface area contributed by atoms with Gasteiger partial charge in [-0.25, -0.2) is 0 Å². The number of nitrogens with zero attached hydrogens (tertiary/aromatic N) is 1. The van der Waals surface area contributed by atoms with Gasteiger partial charge >= 0.3 is 0 Å². The van der Waals surface area contributed by atoms with Crippen molar-refractivity contribution in [2.24, 2.45) is 0 Å². The molecule has 3 aromatic carbocycles. The molecule has 32 heavy (non-hydrogen) atoms. The van der Waals surface area contributed by atoms with E-state index in [2.05, 4.69) is 10.6 Å². The molecule has 2 aliphatic heterocycles. The maximum atomic E-state index is 13.2. The zero-order valence-corrected chi connectivity index (χ0v) is 17.5. The Morgan fingerprint density at radius 3 is 2.47 bits per heavy atom. The van der Waals surface area contributed by atoms with Crippen molar-refractivity contribution in [3.63, 3.8) is 0 Å². The Morgan fingerprint density at radius 1 is 1.00 bits per heavy atom. The van der Waals surface area contributed by atoms with Gasteiger partial charge in [-0.15, -0.1) is 0 Å². The van der Waals surface area contributed by atoms with E-state index in [9.17, 15) is 14.9 Å². The first kappa shape index (κ1) is 20.2. The summed E-state index contributed by atoms with van der Waals surface area (Å²) in [4.78, 5) is 25.3. The first-order chi connectivity index (χ1) is 15.5. The molecule has 5 rings (SSSR count). The largest absolute Gasteiger partial charge is 0.489 e. The van der Waals surface area contributed by atoms with Crippen LogP contribution in [-0.2, 0) is 16.9 Å². The molecule has 1 amide bonds. The van der Waals surface area contributed by atoms with Gasteiger partial charge in [-0.2, -0.15) is 0 Å². The van der Waals surface area contributed by atoms with Crippen LogP contribution < -0.4 is 15.4 Å². The van der Waals surface area contributed by atoms with Crippen LogP contribution in [0.3, 0.4) is 0 Å². The van der Waals surface area contributed by atoms with Crippen LogP contribution >= 0.6 is 0 Å². The van der Waals surface area contributed by atoms with Crippen LogP contribution in [-0.4, -0.2) is 22.9 Å². The summed E-state index contributed by atoms with van der Waals surface area (Å²) in [5.41, 5.74) is 1.52. The minimum Gasteiger partial charge on any atom is -0.489 e. The summed E-state index contributed by atoms with van der Waals surface area (Å²) in [6.07, 6.45) is 0. The van der Waals surface area contributed by atoms with Crippen molar-refractivity contribution in [2.45, 2.75) is 37.1 Å². The molecule has 0 radical (unpaired) electrons. The van der Waals surface area contributed by atoms with Gasteiger partial charge in [0.25, 0.3) is 11.9 Å². The monoisotopic (exact) mass is 429 g/mol. The number of nitrogens with one attached hydrogen (secondary N) is 2. The lowest BCUT2D eigenvalue weighted by Crippen LogP contribution is -2.54. The second kappa shape index (κ2) is 7.76. The molecule has 3 aromatic rings. The summed E-state index contributed by atoms with van der Waals surface area (Å²) < 4.78 is 6.11. The molecule has 1 spiro atoms. The average Bonchev–Trinajstić information content (AvgIpc) is 3.27. The summed E-state index contributed by atoms with van der Waals surface area (Å²) in [5.74, 6) is -0.364. The van der Waals surface area contributed by atoms with Crippen molar-refractivity contribution in [3.8, 4) is 5.75 Å². The van der Waals surface area contributed by atoms with Gasteiger partial charge in [-0.1, -0.05) is 66.7 Å². The highest BCUT2D eigenvalue weighted by Crippen LogP contribution is 2.50. The smallest absolute Gasteiger partial charge is 0.256 e. The maximum absolute atomic E-state index is 13.2. The SMILES string of the molecule is C[C@@H]1N[C@]2(C(=O)Nc3ccccc32)[C@H]([N+](=O)[O-])[C@H]1c1ccccc1OCc1ccccc1. The highest BCUT2D eigenvalue weighted by atomic mass is 16.6. The number of carbonyl (C=O) groups is 1. The number of anilines is 1. The van der Waals surface area contributed by atoms with Gasteiger partial charge in [-0.05, 0) is 24.6 Å². The van der Waals surface area contributed by atoms with Crippen molar-refractivity contribution < 1.29 is 14.5 Å². The Bertz CT molecular complexity index is 1180. The van der Waals surface area contributed by atoms with Gasteiger partial charge in [0, 0.05) is 27.8 Å². The molecule has 2 N–H and O–H groups in total. The van der Waals surface area contributed by atoms with Gasteiger partial charge < -0.3 is 10.1 Å². The van der Waals surface area contributed by atoms with E-state index >= 15 is 0 Å². The third-order valence-electron chi connectivity index (χ3n) is 6.48. The average molecular weight is 429 g/mol. The Morgan fingerprint density at radius 2 is 1.69 bits per heavy atom. The molecule has 7 nitrogen and oxygen atoms in total. The zero-order chi connectivity index (χ0) is 22.3. The molecule has 1 fully saturated rings. The fourth-order valence-electron chi connectivity index (χ4n) is 5.14. The number of benzene rings is 3. The number of hydrogen-bond donors (Lipinski definition) is 2. The fraction of sp³-hybridized carbons (Fsp3) is 0.240. The van der Waals surface area contributed by atoms with Gasteiger partial charge in [0.1, 0.15) is 12.4 Å². The zero-order valence-electron chi connectivity index (χ0n) is 17.5. The van der Waals surface area contributed by atoms with Crippen LogP contribution in [0.5, 0.6) is 5.75 Å². The number of para-hydroxylation sites is 2. The summed E-state index contributed by atoms with van der Waals surface area (Å²) in [6, 6.07) is 22.8. The Hall–Kier alpha value is -3.71. The number of nitro groups is 1. The molecular formula is C25H23N3O4. The highest BCUT2D eigenvalue weighted by Gasteiger charge is 2.67. The number of hydrogen-bond acceptors (Lipinski definition) is 5. The minimum absolute atomic E-state index is 0.323. The Labute approximate surface area is 185 Å². The quantitative estimate of drug-likeness (QED) is 0.475.